The number of benzene rings is 1. The number of carboxylic acids is 1. The number of rotatable bonds is 8. The zero-order chi connectivity index (χ0) is 13.4. The van der Waals surface area contributed by atoms with Crippen molar-refractivity contribution in [1.82, 2.24) is 5.32 Å². The largest absolute Gasteiger partial charge is 0.481 e. The molecule has 1 rings (SSSR count). The van der Waals surface area contributed by atoms with Crippen molar-refractivity contribution in [2.24, 2.45) is 0 Å². The third-order valence-electron chi connectivity index (χ3n) is 2.56. The Morgan fingerprint density at radius 1 is 1.33 bits per heavy atom. The van der Waals surface area contributed by atoms with Gasteiger partial charge in [0.25, 0.3) is 0 Å². The maximum absolute atomic E-state index is 10.9. The molecule has 1 unspecified atom stereocenters. The minimum Gasteiger partial charge on any atom is -0.481 e. The third-order valence-corrected chi connectivity index (χ3v) is 3.42. The fourth-order valence-electron chi connectivity index (χ4n) is 1.69. The molecule has 1 atom stereocenters. The summed E-state index contributed by atoms with van der Waals surface area (Å²) < 4.78 is 10.9. The zero-order valence-corrected chi connectivity index (χ0v) is 11.3. The van der Waals surface area contributed by atoms with E-state index in [9.17, 15) is 9.00 Å². The van der Waals surface area contributed by atoms with Gasteiger partial charge in [-0.3, -0.25) is 9.00 Å². The van der Waals surface area contributed by atoms with Crippen molar-refractivity contribution >= 4 is 16.8 Å². The monoisotopic (exact) mass is 269 g/mol. The quantitative estimate of drug-likeness (QED) is 0.695. The number of carboxylic acid groups (broad SMARTS) is 1. The number of hydrogen-bond donors (Lipinski definition) is 2. The molecule has 0 amide bonds. The molecule has 0 aromatic heterocycles. The predicted molar refractivity (Wildman–Crippen MR) is 73.0 cm³/mol. The van der Waals surface area contributed by atoms with Crippen molar-refractivity contribution < 1.29 is 14.1 Å². The number of carbonyl (C=O) groups is 1. The molecule has 1 aromatic carbocycles. The van der Waals surface area contributed by atoms with Crippen molar-refractivity contribution in [3.63, 3.8) is 0 Å². The van der Waals surface area contributed by atoms with Crippen LogP contribution in [0.5, 0.6) is 0 Å². The smallest absolute Gasteiger partial charge is 0.307 e. The molecule has 0 aliphatic carbocycles. The van der Waals surface area contributed by atoms with Crippen LogP contribution in [0.25, 0.3) is 0 Å². The van der Waals surface area contributed by atoms with Crippen LogP contribution in [0.1, 0.15) is 17.5 Å². The van der Waals surface area contributed by atoms with Crippen molar-refractivity contribution in [2.45, 2.75) is 19.4 Å². The first-order chi connectivity index (χ1) is 8.59. The molecule has 0 bridgehead atoms. The summed E-state index contributed by atoms with van der Waals surface area (Å²) in [6, 6.07) is 7.53. The summed E-state index contributed by atoms with van der Waals surface area (Å²) in [6.07, 6.45) is 2.61. The van der Waals surface area contributed by atoms with Crippen LogP contribution >= 0.6 is 0 Å². The van der Waals surface area contributed by atoms with Gasteiger partial charge in [0.1, 0.15) is 0 Å². The number of hydrogen-bond acceptors (Lipinski definition) is 3. The summed E-state index contributed by atoms with van der Waals surface area (Å²) in [5.41, 5.74) is 1.86. The summed E-state index contributed by atoms with van der Waals surface area (Å²) in [6.45, 7) is 1.45. The molecular weight excluding hydrogens is 250 g/mol. The van der Waals surface area contributed by atoms with E-state index in [0.29, 0.717) is 12.3 Å². The SMILES string of the molecule is CS(=O)CCCNCc1ccccc1CC(=O)O. The second-order valence-electron chi connectivity index (χ2n) is 4.15. The van der Waals surface area contributed by atoms with Gasteiger partial charge in [0.15, 0.2) is 0 Å². The minimum absolute atomic E-state index is 0.0524. The van der Waals surface area contributed by atoms with E-state index < -0.39 is 16.8 Å². The van der Waals surface area contributed by atoms with Gasteiger partial charge in [-0.25, -0.2) is 0 Å². The minimum atomic E-state index is -0.816. The van der Waals surface area contributed by atoms with Crippen LogP contribution < -0.4 is 5.32 Å². The predicted octanol–water partition coefficient (Wildman–Crippen LogP) is 1.17. The normalized spacial score (nSPS) is 12.3. The van der Waals surface area contributed by atoms with Crippen molar-refractivity contribution in [3.8, 4) is 0 Å². The van der Waals surface area contributed by atoms with E-state index in [0.717, 1.165) is 24.1 Å². The molecule has 0 radical (unpaired) electrons. The molecule has 1 aromatic rings. The van der Waals surface area contributed by atoms with E-state index in [-0.39, 0.29) is 6.42 Å². The first kappa shape index (κ1) is 14.9. The molecule has 0 saturated heterocycles. The van der Waals surface area contributed by atoms with Crippen LogP contribution in [0.2, 0.25) is 0 Å². The van der Waals surface area contributed by atoms with Crippen molar-refractivity contribution in [2.75, 3.05) is 18.6 Å². The van der Waals surface area contributed by atoms with Crippen LogP contribution in [0, 0.1) is 0 Å². The summed E-state index contributed by atoms with van der Waals surface area (Å²) in [5.74, 6) is -0.118. The summed E-state index contributed by atoms with van der Waals surface area (Å²) in [7, 11) is -0.743. The fourth-order valence-corrected chi connectivity index (χ4v) is 2.24. The number of nitrogens with one attached hydrogen (secondary N) is 1. The van der Waals surface area contributed by atoms with Crippen LogP contribution in [-0.2, 0) is 28.6 Å². The molecule has 0 heterocycles. The van der Waals surface area contributed by atoms with E-state index in [1.54, 1.807) is 6.26 Å². The van der Waals surface area contributed by atoms with E-state index in [1.165, 1.54) is 0 Å². The van der Waals surface area contributed by atoms with Crippen LogP contribution in [0.3, 0.4) is 0 Å². The number of aliphatic carboxylic acids is 1. The lowest BCUT2D eigenvalue weighted by Crippen LogP contribution is -2.18. The Kier molecular flexibility index (Phi) is 6.60. The Morgan fingerprint density at radius 2 is 2.00 bits per heavy atom. The van der Waals surface area contributed by atoms with Crippen molar-refractivity contribution in [3.05, 3.63) is 35.4 Å². The third kappa shape index (κ3) is 5.93. The topological polar surface area (TPSA) is 66.4 Å². The summed E-state index contributed by atoms with van der Waals surface area (Å²) in [5, 5.41) is 12.1. The molecule has 18 heavy (non-hydrogen) atoms. The molecule has 4 nitrogen and oxygen atoms in total. The standard InChI is InChI=1S/C13H19NO3S/c1-18(17)8-4-7-14-10-12-6-3-2-5-11(12)9-13(15)16/h2-3,5-6,14H,4,7-10H2,1H3,(H,15,16). The van der Waals surface area contributed by atoms with Gasteiger partial charge in [-0.15, -0.1) is 0 Å². The molecule has 0 saturated carbocycles. The van der Waals surface area contributed by atoms with E-state index >= 15 is 0 Å². The fraction of sp³-hybridized carbons (Fsp3) is 0.462. The van der Waals surface area contributed by atoms with Gasteiger partial charge in [-0.1, -0.05) is 24.3 Å². The lowest BCUT2D eigenvalue weighted by molar-refractivity contribution is -0.136. The molecule has 100 valence electrons. The lowest BCUT2D eigenvalue weighted by atomic mass is 10.0. The lowest BCUT2D eigenvalue weighted by Gasteiger charge is -2.08. The molecule has 0 aliphatic heterocycles. The Hall–Kier alpha value is -1.20. The van der Waals surface area contributed by atoms with Gasteiger partial charge in [0.05, 0.1) is 6.42 Å². The Bertz CT molecular complexity index is 420. The van der Waals surface area contributed by atoms with Gasteiger partial charge in [0, 0.05) is 29.4 Å². The summed E-state index contributed by atoms with van der Waals surface area (Å²) in [4.78, 5) is 10.7. The van der Waals surface area contributed by atoms with Crippen LogP contribution in [0.15, 0.2) is 24.3 Å². The summed E-state index contributed by atoms with van der Waals surface area (Å²) >= 11 is 0. The highest BCUT2D eigenvalue weighted by molar-refractivity contribution is 7.84. The molecule has 0 spiro atoms. The van der Waals surface area contributed by atoms with Crippen LogP contribution in [0.4, 0.5) is 0 Å². The van der Waals surface area contributed by atoms with E-state index in [4.69, 9.17) is 5.11 Å². The maximum Gasteiger partial charge on any atom is 0.307 e. The first-order valence-corrected chi connectivity index (χ1v) is 7.61. The highest BCUT2D eigenvalue weighted by Crippen LogP contribution is 2.09. The van der Waals surface area contributed by atoms with Gasteiger partial charge in [-0.2, -0.15) is 0 Å². The first-order valence-electron chi connectivity index (χ1n) is 5.89. The molecular formula is C13H19NO3S. The zero-order valence-electron chi connectivity index (χ0n) is 10.5. The van der Waals surface area contributed by atoms with E-state index in [1.807, 2.05) is 24.3 Å². The van der Waals surface area contributed by atoms with Gasteiger partial charge >= 0.3 is 5.97 Å². The molecule has 5 heteroatoms. The average molecular weight is 269 g/mol. The average Bonchev–Trinajstić information content (AvgIpc) is 2.29. The Balaban J connectivity index is 2.41. The highest BCUT2D eigenvalue weighted by Gasteiger charge is 2.05. The molecule has 2 N–H and O–H groups in total. The Labute approximate surface area is 110 Å². The van der Waals surface area contributed by atoms with Gasteiger partial charge in [0.2, 0.25) is 0 Å². The molecule has 0 fully saturated rings. The van der Waals surface area contributed by atoms with Gasteiger partial charge in [-0.05, 0) is 24.1 Å². The molecule has 0 aliphatic rings. The Morgan fingerprint density at radius 3 is 2.61 bits per heavy atom. The van der Waals surface area contributed by atoms with Crippen molar-refractivity contribution in [1.29, 1.82) is 0 Å². The maximum atomic E-state index is 10.9. The van der Waals surface area contributed by atoms with Gasteiger partial charge < -0.3 is 10.4 Å². The second kappa shape index (κ2) is 8.00. The van der Waals surface area contributed by atoms with E-state index in [2.05, 4.69) is 5.32 Å². The second-order valence-corrected chi connectivity index (χ2v) is 5.70. The highest BCUT2D eigenvalue weighted by atomic mass is 32.2. The van der Waals surface area contributed by atoms with Crippen LogP contribution in [-0.4, -0.2) is 33.8 Å².